The Balaban J connectivity index is 2.44. The van der Waals surface area contributed by atoms with E-state index in [1.807, 2.05) is 0 Å². The first-order chi connectivity index (χ1) is 6.65. The van der Waals surface area contributed by atoms with E-state index in [1.54, 1.807) is 6.92 Å². The van der Waals surface area contributed by atoms with Crippen LogP contribution in [0.1, 0.15) is 46.0 Å². The molecule has 1 rings (SSSR count). The van der Waals surface area contributed by atoms with Crippen LogP contribution in [0, 0.1) is 5.92 Å². The first kappa shape index (κ1) is 11.5. The van der Waals surface area contributed by atoms with Crippen LogP contribution in [0.2, 0.25) is 0 Å². The summed E-state index contributed by atoms with van der Waals surface area (Å²) in [6, 6.07) is 0. The van der Waals surface area contributed by atoms with Gasteiger partial charge >= 0.3 is 5.97 Å². The molecule has 1 saturated carbocycles. The van der Waals surface area contributed by atoms with Crippen LogP contribution in [0.25, 0.3) is 0 Å². The molecule has 14 heavy (non-hydrogen) atoms. The average molecular weight is 200 g/mol. The summed E-state index contributed by atoms with van der Waals surface area (Å²) in [6.45, 7) is 3.77. The third kappa shape index (κ3) is 2.98. The second-order valence-corrected chi connectivity index (χ2v) is 4.11. The number of carbonyl (C=O) groups is 1. The van der Waals surface area contributed by atoms with Gasteiger partial charge in [0.05, 0.1) is 6.10 Å². The molecule has 3 atom stereocenters. The summed E-state index contributed by atoms with van der Waals surface area (Å²) in [6.07, 6.45) is 5.25. The second kappa shape index (κ2) is 5.35. The Hall–Kier alpha value is -0.570. The number of hydrogen-bond acceptors (Lipinski definition) is 2. The van der Waals surface area contributed by atoms with Crippen LogP contribution >= 0.6 is 0 Å². The first-order valence-corrected chi connectivity index (χ1v) is 5.53. The normalized spacial score (nSPS) is 29.9. The van der Waals surface area contributed by atoms with Crippen LogP contribution in [0.4, 0.5) is 0 Å². The highest BCUT2D eigenvalue weighted by Gasteiger charge is 2.27. The van der Waals surface area contributed by atoms with Crippen molar-refractivity contribution < 1.29 is 14.6 Å². The van der Waals surface area contributed by atoms with Gasteiger partial charge in [-0.1, -0.05) is 26.2 Å². The van der Waals surface area contributed by atoms with E-state index in [4.69, 9.17) is 9.84 Å². The van der Waals surface area contributed by atoms with Crippen molar-refractivity contribution in [3.8, 4) is 0 Å². The monoisotopic (exact) mass is 200 g/mol. The van der Waals surface area contributed by atoms with Crippen molar-refractivity contribution in [1.82, 2.24) is 0 Å². The predicted octanol–water partition coefficient (Wildman–Crippen LogP) is 2.44. The fourth-order valence-corrected chi connectivity index (χ4v) is 2.14. The van der Waals surface area contributed by atoms with Crippen LogP contribution in [0.15, 0.2) is 0 Å². The molecule has 0 spiro atoms. The Morgan fingerprint density at radius 2 is 2.14 bits per heavy atom. The van der Waals surface area contributed by atoms with Crippen LogP contribution in [0.3, 0.4) is 0 Å². The largest absolute Gasteiger partial charge is 0.479 e. The molecule has 0 aromatic carbocycles. The molecule has 0 saturated heterocycles. The molecule has 3 heteroatoms. The standard InChI is InChI=1S/C11H20O3/c1-3-9-6-4-5-7-10(9)14-8(2)11(12)13/h8-10H,3-7H2,1-2H3,(H,12,13). The quantitative estimate of drug-likeness (QED) is 0.758. The van der Waals surface area contributed by atoms with Crippen LogP contribution in [0.5, 0.6) is 0 Å². The molecule has 1 aliphatic carbocycles. The maximum atomic E-state index is 10.6. The average Bonchev–Trinajstić information content (AvgIpc) is 2.18. The third-order valence-electron chi connectivity index (χ3n) is 3.09. The number of ether oxygens (including phenoxy) is 1. The lowest BCUT2D eigenvalue weighted by atomic mass is 9.84. The van der Waals surface area contributed by atoms with Crippen molar-refractivity contribution in [1.29, 1.82) is 0 Å². The molecule has 0 radical (unpaired) electrons. The molecule has 1 fully saturated rings. The molecule has 0 aromatic heterocycles. The van der Waals surface area contributed by atoms with E-state index in [0.29, 0.717) is 5.92 Å². The minimum absolute atomic E-state index is 0.167. The molecule has 0 aromatic rings. The lowest BCUT2D eigenvalue weighted by molar-refractivity contribution is -0.156. The Morgan fingerprint density at radius 1 is 1.50 bits per heavy atom. The number of rotatable bonds is 4. The maximum Gasteiger partial charge on any atom is 0.332 e. The van der Waals surface area contributed by atoms with E-state index in [9.17, 15) is 4.79 Å². The first-order valence-electron chi connectivity index (χ1n) is 5.53. The lowest BCUT2D eigenvalue weighted by Gasteiger charge is -2.31. The van der Waals surface area contributed by atoms with E-state index in [2.05, 4.69) is 6.92 Å². The lowest BCUT2D eigenvalue weighted by Crippen LogP contribution is -2.33. The van der Waals surface area contributed by atoms with E-state index in [1.165, 1.54) is 19.3 Å². The third-order valence-corrected chi connectivity index (χ3v) is 3.09. The number of carboxylic acid groups (broad SMARTS) is 1. The molecular formula is C11H20O3. The van der Waals surface area contributed by atoms with Crippen molar-refractivity contribution in [2.24, 2.45) is 5.92 Å². The van der Waals surface area contributed by atoms with Gasteiger partial charge in [0.15, 0.2) is 6.10 Å². The summed E-state index contributed by atoms with van der Waals surface area (Å²) < 4.78 is 5.56. The van der Waals surface area contributed by atoms with Gasteiger partial charge in [0.1, 0.15) is 0 Å². The van der Waals surface area contributed by atoms with Crippen molar-refractivity contribution in [3.63, 3.8) is 0 Å². The summed E-state index contributed by atoms with van der Waals surface area (Å²) >= 11 is 0. The Kier molecular flexibility index (Phi) is 4.39. The van der Waals surface area contributed by atoms with E-state index in [0.717, 1.165) is 12.8 Å². The zero-order valence-corrected chi connectivity index (χ0v) is 9.03. The highest BCUT2D eigenvalue weighted by molar-refractivity contribution is 5.71. The zero-order chi connectivity index (χ0) is 10.6. The summed E-state index contributed by atoms with van der Waals surface area (Å²) in [5.74, 6) is -0.295. The van der Waals surface area contributed by atoms with Gasteiger partial charge < -0.3 is 9.84 Å². The van der Waals surface area contributed by atoms with Gasteiger partial charge in [-0.15, -0.1) is 0 Å². The SMILES string of the molecule is CCC1CCCCC1OC(C)C(=O)O. The Bertz CT molecular complexity index is 191. The second-order valence-electron chi connectivity index (χ2n) is 4.11. The van der Waals surface area contributed by atoms with Crippen LogP contribution in [-0.4, -0.2) is 23.3 Å². The molecule has 3 unspecified atom stereocenters. The van der Waals surface area contributed by atoms with E-state index >= 15 is 0 Å². The fraction of sp³-hybridized carbons (Fsp3) is 0.909. The van der Waals surface area contributed by atoms with Crippen molar-refractivity contribution in [2.45, 2.75) is 58.2 Å². The van der Waals surface area contributed by atoms with Crippen LogP contribution in [-0.2, 0) is 9.53 Å². The molecular weight excluding hydrogens is 180 g/mol. The predicted molar refractivity (Wildman–Crippen MR) is 54.2 cm³/mol. The van der Waals surface area contributed by atoms with Gasteiger partial charge in [-0.25, -0.2) is 4.79 Å². The van der Waals surface area contributed by atoms with Gasteiger partial charge in [0.2, 0.25) is 0 Å². The number of carboxylic acids is 1. The summed E-state index contributed by atoms with van der Waals surface area (Å²) in [7, 11) is 0. The van der Waals surface area contributed by atoms with E-state index < -0.39 is 12.1 Å². The topological polar surface area (TPSA) is 46.5 Å². The van der Waals surface area contributed by atoms with Crippen molar-refractivity contribution in [3.05, 3.63) is 0 Å². The highest BCUT2D eigenvalue weighted by Crippen LogP contribution is 2.29. The molecule has 3 nitrogen and oxygen atoms in total. The summed E-state index contributed by atoms with van der Waals surface area (Å²) in [4.78, 5) is 10.6. The fourth-order valence-electron chi connectivity index (χ4n) is 2.14. The molecule has 0 aliphatic heterocycles. The molecule has 1 N–H and O–H groups in total. The van der Waals surface area contributed by atoms with Gasteiger partial charge in [-0.05, 0) is 25.7 Å². The Morgan fingerprint density at radius 3 is 2.71 bits per heavy atom. The molecule has 1 aliphatic rings. The highest BCUT2D eigenvalue weighted by atomic mass is 16.5. The number of aliphatic carboxylic acids is 1. The van der Waals surface area contributed by atoms with Gasteiger partial charge in [-0.2, -0.15) is 0 Å². The minimum Gasteiger partial charge on any atom is -0.479 e. The number of hydrogen-bond donors (Lipinski definition) is 1. The van der Waals surface area contributed by atoms with Gasteiger partial charge in [0, 0.05) is 0 Å². The van der Waals surface area contributed by atoms with Crippen molar-refractivity contribution >= 4 is 5.97 Å². The molecule has 0 heterocycles. The Labute approximate surface area is 85.5 Å². The van der Waals surface area contributed by atoms with Crippen LogP contribution < -0.4 is 0 Å². The van der Waals surface area contributed by atoms with E-state index in [-0.39, 0.29) is 6.10 Å². The maximum absolute atomic E-state index is 10.6. The summed E-state index contributed by atoms with van der Waals surface area (Å²) in [5.41, 5.74) is 0. The van der Waals surface area contributed by atoms with Gasteiger partial charge in [-0.3, -0.25) is 0 Å². The minimum atomic E-state index is -0.856. The molecule has 0 bridgehead atoms. The summed E-state index contributed by atoms with van der Waals surface area (Å²) in [5, 5.41) is 8.75. The smallest absolute Gasteiger partial charge is 0.332 e. The van der Waals surface area contributed by atoms with Crippen molar-refractivity contribution in [2.75, 3.05) is 0 Å². The zero-order valence-electron chi connectivity index (χ0n) is 9.03. The van der Waals surface area contributed by atoms with Gasteiger partial charge in [0.25, 0.3) is 0 Å². The molecule has 0 amide bonds. The molecule has 82 valence electrons.